The molecule has 0 radical (unpaired) electrons. The van der Waals surface area contributed by atoms with Crippen LogP contribution in [-0.2, 0) is 18.9 Å². The molecule has 27 heavy (non-hydrogen) atoms. The molecule has 0 aliphatic carbocycles. The van der Waals surface area contributed by atoms with Crippen LogP contribution in [0.4, 0.5) is 0 Å². The molecule has 0 aromatic rings. The minimum atomic E-state index is -1.42. The van der Waals surface area contributed by atoms with Crippen LogP contribution in [0.5, 0.6) is 0 Å². The molecule has 0 saturated carbocycles. The SMILES string of the molecule is C#C[C@@H]1C[C@H](CC)OC(C)(C)O1.CC[C@H]1C[C@@H](/C=C/B(O)O)OC(C)(C)O1. The summed E-state index contributed by atoms with van der Waals surface area (Å²) in [5.74, 6) is 2.82. The summed E-state index contributed by atoms with van der Waals surface area (Å²) in [4.78, 5) is 0. The monoisotopic (exact) mass is 382 g/mol. The van der Waals surface area contributed by atoms with Gasteiger partial charge in [0, 0.05) is 12.8 Å². The first-order chi connectivity index (χ1) is 12.5. The molecule has 0 amide bonds. The van der Waals surface area contributed by atoms with E-state index < -0.39 is 18.7 Å². The van der Waals surface area contributed by atoms with Crippen LogP contribution in [0.1, 0.15) is 67.2 Å². The van der Waals surface area contributed by atoms with Crippen molar-refractivity contribution in [2.24, 2.45) is 0 Å². The fraction of sp³-hybridized carbons (Fsp3) is 0.800. The van der Waals surface area contributed by atoms with E-state index in [0.29, 0.717) is 0 Å². The van der Waals surface area contributed by atoms with E-state index in [4.69, 9.17) is 35.4 Å². The molecular formula is C20H35BO6. The summed E-state index contributed by atoms with van der Waals surface area (Å²) in [7, 11) is -1.42. The van der Waals surface area contributed by atoms with Crippen LogP contribution in [-0.4, -0.2) is 53.2 Å². The second-order valence-electron chi connectivity index (χ2n) is 7.80. The first kappa shape index (κ1) is 24.2. The van der Waals surface area contributed by atoms with Gasteiger partial charge in [-0.2, -0.15) is 0 Å². The van der Waals surface area contributed by atoms with Crippen LogP contribution in [0.2, 0.25) is 0 Å². The summed E-state index contributed by atoms with van der Waals surface area (Å²) in [6.07, 6.45) is 10.7. The second-order valence-corrected chi connectivity index (χ2v) is 7.80. The zero-order chi connectivity index (χ0) is 20.7. The summed E-state index contributed by atoms with van der Waals surface area (Å²) >= 11 is 0. The third-order valence-corrected chi connectivity index (χ3v) is 4.33. The smallest absolute Gasteiger partial charge is 0.424 e. The molecule has 0 bridgehead atoms. The number of terminal acetylenes is 1. The molecule has 2 rings (SSSR count). The predicted octanol–water partition coefficient (Wildman–Crippen LogP) is 2.81. The molecule has 2 heterocycles. The van der Waals surface area contributed by atoms with Crippen molar-refractivity contribution in [3.05, 3.63) is 12.1 Å². The van der Waals surface area contributed by atoms with Gasteiger partial charge in [0.1, 0.15) is 6.10 Å². The number of hydrogen-bond donors (Lipinski definition) is 2. The Hall–Kier alpha value is -0.875. The Morgan fingerprint density at radius 1 is 0.963 bits per heavy atom. The van der Waals surface area contributed by atoms with Gasteiger partial charge in [0.05, 0.1) is 18.3 Å². The minimum Gasteiger partial charge on any atom is -0.424 e. The van der Waals surface area contributed by atoms with Gasteiger partial charge in [0.15, 0.2) is 11.6 Å². The average molecular weight is 382 g/mol. The van der Waals surface area contributed by atoms with Crippen molar-refractivity contribution >= 4 is 7.12 Å². The summed E-state index contributed by atoms with van der Waals surface area (Å²) in [5.41, 5.74) is 0. The van der Waals surface area contributed by atoms with E-state index in [1.807, 2.05) is 27.7 Å². The second kappa shape index (κ2) is 10.6. The summed E-state index contributed by atoms with van der Waals surface area (Å²) < 4.78 is 22.4. The quantitative estimate of drug-likeness (QED) is 0.575. The maximum absolute atomic E-state index is 8.72. The van der Waals surface area contributed by atoms with E-state index in [9.17, 15) is 0 Å². The van der Waals surface area contributed by atoms with Crippen LogP contribution in [0, 0.1) is 12.3 Å². The van der Waals surface area contributed by atoms with E-state index in [0.717, 1.165) is 25.7 Å². The average Bonchev–Trinajstić information content (AvgIpc) is 2.57. The third-order valence-electron chi connectivity index (χ3n) is 4.33. The molecule has 2 N–H and O–H groups in total. The Kier molecular flexibility index (Phi) is 9.50. The van der Waals surface area contributed by atoms with Crippen molar-refractivity contribution in [2.45, 2.75) is 103 Å². The third kappa shape index (κ3) is 9.24. The standard InChI is InChI=1S/C10H19BO4.C10H16O2/c1-4-8-7-9(5-6-11(12)13)15-10(2,3)14-8;1-5-8-7-9(6-2)12-10(3,4)11-8/h5-6,8-9,12-13H,4,7H2,1-3H3;1,8-9H,6-7H2,2-4H3/b6-5+;/t2*8-,9+/m01/s1. The number of hydrogen-bond acceptors (Lipinski definition) is 6. The minimum absolute atomic E-state index is 0.0845. The summed E-state index contributed by atoms with van der Waals surface area (Å²) in [5, 5.41) is 17.4. The molecule has 154 valence electrons. The molecular weight excluding hydrogens is 347 g/mol. The first-order valence-electron chi connectivity index (χ1n) is 9.72. The number of rotatable bonds is 4. The fourth-order valence-electron chi connectivity index (χ4n) is 3.20. The van der Waals surface area contributed by atoms with Crippen molar-refractivity contribution in [3.8, 4) is 12.3 Å². The molecule has 2 aliphatic heterocycles. The fourth-order valence-corrected chi connectivity index (χ4v) is 3.20. The van der Waals surface area contributed by atoms with Crippen LogP contribution in [0.3, 0.4) is 0 Å². The largest absolute Gasteiger partial charge is 0.480 e. The molecule has 2 saturated heterocycles. The van der Waals surface area contributed by atoms with E-state index in [1.165, 1.54) is 5.98 Å². The number of ether oxygens (including phenoxy) is 4. The van der Waals surface area contributed by atoms with Crippen LogP contribution in [0.15, 0.2) is 12.1 Å². The topological polar surface area (TPSA) is 77.4 Å². The Bertz CT molecular complexity index is 511. The highest BCUT2D eigenvalue weighted by atomic mass is 16.7. The molecule has 0 unspecified atom stereocenters. The maximum atomic E-state index is 8.72. The predicted molar refractivity (Wildman–Crippen MR) is 106 cm³/mol. The molecule has 6 nitrogen and oxygen atoms in total. The van der Waals surface area contributed by atoms with Gasteiger partial charge in [-0.15, -0.1) is 6.42 Å². The van der Waals surface area contributed by atoms with Crippen LogP contribution in [0.25, 0.3) is 0 Å². The lowest BCUT2D eigenvalue weighted by Gasteiger charge is -2.39. The maximum Gasteiger partial charge on any atom is 0.480 e. The molecule has 4 atom stereocenters. The molecule has 2 fully saturated rings. The van der Waals surface area contributed by atoms with Crippen molar-refractivity contribution in [3.63, 3.8) is 0 Å². The van der Waals surface area contributed by atoms with Gasteiger partial charge in [-0.1, -0.05) is 31.8 Å². The van der Waals surface area contributed by atoms with Crippen molar-refractivity contribution in [1.29, 1.82) is 0 Å². The highest BCUT2D eigenvalue weighted by Gasteiger charge is 2.34. The van der Waals surface area contributed by atoms with Crippen LogP contribution < -0.4 is 0 Å². The van der Waals surface area contributed by atoms with E-state index in [-0.39, 0.29) is 24.4 Å². The van der Waals surface area contributed by atoms with Gasteiger partial charge in [0.25, 0.3) is 0 Å². The van der Waals surface area contributed by atoms with Crippen molar-refractivity contribution < 1.29 is 29.0 Å². The lowest BCUT2D eigenvalue weighted by atomic mass is 9.90. The Morgan fingerprint density at radius 2 is 1.48 bits per heavy atom. The van der Waals surface area contributed by atoms with Gasteiger partial charge < -0.3 is 29.0 Å². The molecule has 0 aromatic carbocycles. The van der Waals surface area contributed by atoms with E-state index in [2.05, 4.69) is 19.8 Å². The lowest BCUT2D eigenvalue weighted by Crippen LogP contribution is -2.43. The molecule has 0 spiro atoms. The van der Waals surface area contributed by atoms with Gasteiger partial charge in [-0.3, -0.25) is 0 Å². The Balaban J connectivity index is 0.000000277. The first-order valence-corrected chi connectivity index (χ1v) is 9.72. The zero-order valence-electron chi connectivity index (χ0n) is 17.5. The Morgan fingerprint density at radius 3 is 1.96 bits per heavy atom. The molecule has 7 heteroatoms. The summed E-state index contributed by atoms with van der Waals surface area (Å²) in [6.45, 7) is 11.7. The highest BCUT2D eigenvalue weighted by molar-refractivity contribution is 6.47. The van der Waals surface area contributed by atoms with E-state index in [1.54, 1.807) is 6.08 Å². The molecule has 0 aromatic heterocycles. The van der Waals surface area contributed by atoms with Gasteiger partial charge in [-0.25, -0.2) is 0 Å². The molecule has 2 aliphatic rings. The van der Waals surface area contributed by atoms with Gasteiger partial charge in [0.2, 0.25) is 0 Å². The van der Waals surface area contributed by atoms with Crippen LogP contribution >= 0.6 is 0 Å². The Labute approximate surface area is 164 Å². The normalized spacial score (nSPS) is 32.3. The highest BCUT2D eigenvalue weighted by Crippen LogP contribution is 2.29. The van der Waals surface area contributed by atoms with Gasteiger partial charge >= 0.3 is 7.12 Å². The van der Waals surface area contributed by atoms with Gasteiger partial charge in [-0.05, 0) is 40.5 Å². The zero-order valence-corrected chi connectivity index (χ0v) is 17.5. The van der Waals surface area contributed by atoms with Crippen molar-refractivity contribution in [1.82, 2.24) is 0 Å². The lowest BCUT2D eigenvalue weighted by molar-refractivity contribution is -0.290. The van der Waals surface area contributed by atoms with Crippen molar-refractivity contribution in [2.75, 3.05) is 0 Å². The summed E-state index contributed by atoms with van der Waals surface area (Å²) in [6, 6.07) is 0. The van der Waals surface area contributed by atoms with E-state index >= 15 is 0 Å².